The van der Waals surface area contributed by atoms with Crippen LogP contribution in [0.3, 0.4) is 0 Å². The van der Waals surface area contributed by atoms with Crippen LogP contribution < -0.4 is 4.90 Å². The fourth-order valence-corrected chi connectivity index (χ4v) is 3.75. The van der Waals surface area contributed by atoms with Crippen LogP contribution in [0.4, 0.5) is 11.4 Å². The molecule has 3 aromatic rings. The molecular weight excluding hydrogens is 406 g/mol. The SMILES string of the molecule is CN(C1=NC(=O)/C(=C\c2ccc(-c3ccccc3[N+](=O)[O-])o2)S1)c1ccc(O)cc1. The highest BCUT2D eigenvalue weighted by Gasteiger charge is 2.26. The number of para-hydroxylation sites is 1. The van der Waals surface area contributed by atoms with E-state index in [1.165, 1.54) is 17.8 Å². The van der Waals surface area contributed by atoms with E-state index in [0.717, 1.165) is 5.69 Å². The number of phenolic OH excluding ortho intramolecular Hbond substituents is 1. The van der Waals surface area contributed by atoms with E-state index in [9.17, 15) is 20.0 Å². The maximum atomic E-state index is 12.3. The van der Waals surface area contributed by atoms with Crippen LogP contribution in [0.2, 0.25) is 0 Å². The van der Waals surface area contributed by atoms with Gasteiger partial charge in [-0.2, -0.15) is 4.99 Å². The minimum atomic E-state index is -0.467. The summed E-state index contributed by atoms with van der Waals surface area (Å²) >= 11 is 1.19. The molecule has 9 heteroatoms. The molecule has 1 amide bonds. The van der Waals surface area contributed by atoms with Crippen molar-refractivity contribution >= 4 is 40.3 Å². The number of benzene rings is 2. The molecule has 0 bridgehead atoms. The molecule has 1 aliphatic heterocycles. The highest BCUT2D eigenvalue weighted by Crippen LogP contribution is 2.35. The first-order valence-corrected chi connectivity index (χ1v) is 9.63. The van der Waals surface area contributed by atoms with Crippen molar-refractivity contribution in [1.82, 2.24) is 0 Å². The van der Waals surface area contributed by atoms with E-state index in [1.807, 2.05) is 0 Å². The van der Waals surface area contributed by atoms with Gasteiger partial charge in [0.2, 0.25) is 0 Å². The van der Waals surface area contributed by atoms with Gasteiger partial charge >= 0.3 is 0 Å². The van der Waals surface area contributed by atoms with E-state index < -0.39 is 10.8 Å². The van der Waals surface area contributed by atoms with Gasteiger partial charge in [-0.25, -0.2) is 0 Å². The number of carbonyl (C=O) groups is 1. The van der Waals surface area contributed by atoms with Crippen LogP contribution in [0.1, 0.15) is 5.76 Å². The summed E-state index contributed by atoms with van der Waals surface area (Å²) in [6.45, 7) is 0. The van der Waals surface area contributed by atoms with Gasteiger partial charge in [-0.3, -0.25) is 14.9 Å². The monoisotopic (exact) mass is 421 g/mol. The number of amidine groups is 1. The first-order chi connectivity index (χ1) is 14.4. The molecule has 0 atom stereocenters. The Bertz CT molecular complexity index is 1200. The Morgan fingerprint density at radius 1 is 1.13 bits per heavy atom. The molecular formula is C21H15N3O5S. The number of hydrogen-bond acceptors (Lipinski definition) is 7. The summed E-state index contributed by atoms with van der Waals surface area (Å²) in [5, 5.41) is 21.1. The molecule has 0 aliphatic carbocycles. The largest absolute Gasteiger partial charge is 0.508 e. The molecule has 2 aromatic carbocycles. The fourth-order valence-electron chi connectivity index (χ4n) is 2.87. The zero-order valence-electron chi connectivity index (χ0n) is 15.7. The molecule has 150 valence electrons. The molecule has 1 N–H and O–H groups in total. The Balaban J connectivity index is 1.55. The average molecular weight is 421 g/mol. The van der Waals surface area contributed by atoms with Crippen LogP contribution in [0.15, 0.2) is 75.0 Å². The number of nitro benzene ring substituents is 1. The lowest BCUT2D eigenvalue weighted by Gasteiger charge is -2.17. The standard InChI is InChI=1S/C21H15N3O5S/c1-23(13-6-8-14(25)9-7-13)21-22-20(26)19(30-21)12-15-10-11-18(29-15)16-4-2-3-5-17(16)24(27)28/h2-12,25H,1H3/b19-12+. The number of rotatable bonds is 4. The van der Waals surface area contributed by atoms with Gasteiger partial charge in [0, 0.05) is 24.9 Å². The zero-order chi connectivity index (χ0) is 21.3. The second kappa shape index (κ2) is 7.88. The zero-order valence-corrected chi connectivity index (χ0v) is 16.5. The van der Waals surface area contributed by atoms with E-state index in [-0.39, 0.29) is 11.4 Å². The molecule has 0 unspecified atom stereocenters. The number of aromatic hydroxyl groups is 1. The number of anilines is 1. The van der Waals surface area contributed by atoms with Gasteiger partial charge in [0.1, 0.15) is 17.3 Å². The third-order valence-corrected chi connectivity index (χ3v) is 5.46. The summed E-state index contributed by atoms with van der Waals surface area (Å²) in [5.41, 5.74) is 1.07. The van der Waals surface area contributed by atoms with Gasteiger partial charge in [-0.1, -0.05) is 12.1 Å². The summed E-state index contributed by atoms with van der Waals surface area (Å²) in [4.78, 5) is 29.3. The minimum absolute atomic E-state index is 0.0569. The van der Waals surface area contributed by atoms with Crippen molar-refractivity contribution in [2.45, 2.75) is 0 Å². The number of aliphatic imine (C=N–C) groups is 1. The lowest BCUT2D eigenvalue weighted by molar-refractivity contribution is -0.384. The molecule has 0 fully saturated rings. The topological polar surface area (TPSA) is 109 Å². The Morgan fingerprint density at radius 3 is 2.60 bits per heavy atom. The van der Waals surface area contributed by atoms with Crippen molar-refractivity contribution in [2.24, 2.45) is 4.99 Å². The number of phenols is 1. The first kappa shape index (κ1) is 19.5. The number of nitro groups is 1. The Kier molecular flexibility index (Phi) is 5.11. The quantitative estimate of drug-likeness (QED) is 0.370. The maximum absolute atomic E-state index is 12.3. The van der Waals surface area contributed by atoms with Gasteiger partial charge in [0.05, 0.1) is 15.4 Å². The van der Waals surface area contributed by atoms with Gasteiger partial charge in [0.15, 0.2) is 5.17 Å². The van der Waals surface area contributed by atoms with Crippen LogP contribution in [-0.2, 0) is 4.79 Å². The third kappa shape index (κ3) is 3.83. The smallest absolute Gasteiger partial charge is 0.286 e. The molecule has 0 saturated carbocycles. The third-order valence-electron chi connectivity index (χ3n) is 4.40. The van der Waals surface area contributed by atoms with Gasteiger partial charge in [-0.15, -0.1) is 0 Å². The maximum Gasteiger partial charge on any atom is 0.286 e. The molecule has 4 rings (SSSR count). The number of nitrogens with zero attached hydrogens (tertiary/aromatic N) is 3. The Hall–Kier alpha value is -3.85. The Labute approximate surface area is 175 Å². The van der Waals surface area contributed by atoms with Gasteiger partial charge in [0.25, 0.3) is 11.6 Å². The van der Waals surface area contributed by atoms with Crippen LogP contribution in [0, 0.1) is 10.1 Å². The number of hydrogen-bond donors (Lipinski definition) is 1. The fraction of sp³-hybridized carbons (Fsp3) is 0.0476. The minimum Gasteiger partial charge on any atom is -0.508 e. The molecule has 0 spiro atoms. The van der Waals surface area contributed by atoms with Crippen molar-refractivity contribution in [2.75, 3.05) is 11.9 Å². The lowest BCUT2D eigenvalue weighted by atomic mass is 10.1. The molecule has 0 radical (unpaired) electrons. The summed E-state index contributed by atoms with van der Waals surface area (Å²) in [5.74, 6) is 0.482. The normalized spacial score (nSPS) is 14.8. The summed E-state index contributed by atoms with van der Waals surface area (Å²) < 4.78 is 5.73. The number of carbonyl (C=O) groups excluding carboxylic acids is 1. The van der Waals surface area contributed by atoms with E-state index in [4.69, 9.17) is 4.42 Å². The molecule has 2 heterocycles. The van der Waals surface area contributed by atoms with Crippen LogP contribution in [-0.4, -0.2) is 28.2 Å². The highest BCUT2D eigenvalue weighted by atomic mass is 32.2. The second-order valence-corrected chi connectivity index (χ2v) is 7.37. The van der Waals surface area contributed by atoms with Gasteiger partial charge < -0.3 is 14.4 Å². The van der Waals surface area contributed by atoms with Crippen LogP contribution >= 0.6 is 11.8 Å². The van der Waals surface area contributed by atoms with E-state index in [1.54, 1.807) is 72.6 Å². The molecule has 8 nitrogen and oxygen atoms in total. The van der Waals surface area contributed by atoms with Crippen molar-refractivity contribution < 1.29 is 19.2 Å². The number of amides is 1. The number of thioether (sulfide) groups is 1. The van der Waals surface area contributed by atoms with Crippen molar-refractivity contribution in [1.29, 1.82) is 0 Å². The highest BCUT2D eigenvalue weighted by molar-refractivity contribution is 8.18. The molecule has 1 aliphatic rings. The lowest BCUT2D eigenvalue weighted by Crippen LogP contribution is -2.21. The predicted octanol–water partition coefficient (Wildman–Crippen LogP) is 4.67. The average Bonchev–Trinajstić information content (AvgIpc) is 3.35. The second-order valence-electron chi connectivity index (χ2n) is 6.36. The summed E-state index contributed by atoms with van der Waals surface area (Å²) in [6, 6.07) is 16.1. The molecule has 0 saturated heterocycles. The van der Waals surface area contributed by atoms with Crippen LogP contribution in [0.5, 0.6) is 5.75 Å². The van der Waals surface area contributed by atoms with Gasteiger partial charge in [-0.05, 0) is 54.2 Å². The summed E-state index contributed by atoms with van der Waals surface area (Å²) in [6.07, 6.45) is 1.56. The van der Waals surface area contributed by atoms with Crippen molar-refractivity contribution in [3.8, 4) is 17.1 Å². The van der Waals surface area contributed by atoms with Crippen LogP contribution in [0.25, 0.3) is 17.4 Å². The summed E-state index contributed by atoms with van der Waals surface area (Å²) in [7, 11) is 1.77. The predicted molar refractivity (Wildman–Crippen MR) is 115 cm³/mol. The molecule has 30 heavy (non-hydrogen) atoms. The van der Waals surface area contributed by atoms with E-state index in [2.05, 4.69) is 4.99 Å². The van der Waals surface area contributed by atoms with Crippen molar-refractivity contribution in [3.63, 3.8) is 0 Å². The molecule has 1 aromatic heterocycles. The van der Waals surface area contributed by atoms with E-state index in [0.29, 0.717) is 27.2 Å². The number of furan rings is 1. The first-order valence-electron chi connectivity index (χ1n) is 8.81. The Morgan fingerprint density at radius 2 is 1.87 bits per heavy atom. The van der Waals surface area contributed by atoms with Crippen molar-refractivity contribution in [3.05, 3.63) is 81.4 Å². The van der Waals surface area contributed by atoms with E-state index >= 15 is 0 Å².